The summed E-state index contributed by atoms with van der Waals surface area (Å²) in [4.78, 5) is 13.0. The molecule has 0 saturated heterocycles. The molecule has 6 heteroatoms. The minimum atomic E-state index is -2.24. The molecule has 1 amide bonds. The van der Waals surface area contributed by atoms with E-state index >= 15 is 0 Å². The van der Waals surface area contributed by atoms with Gasteiger partial charge in [0.1, 0.15) is 0 Å². The van der Waals surface area contributed by atoms with Gasteiger partial charge in [0.2, 0.25) is 0 Å². The number of nitrogens with one attached hydrogen (secondary N) is 2. The third-order valence-electron chi connectivity index (χ3n) is 1.29. The van der Waals surface area contributed by atoms with Gasteiger partial charge in [-0.25, -0.2) is 4.21 Å². The van der Waals surface area contributed by atoms with Crippen LogP contribution in [0.1, 0.15) is 10.4 Å². The fourth-order valence-electron chi connectivity index (χ4n) is 0.752. The van der Waals surface area contributed by atoms with Crippen LogP contribution in [-0.4, -0.2) is 14.7 Å². The molecule has 0 aliphatic rings. The number of amides is 1. The molecule has 3 N–H and O–H groups in total. The molecule has 0 spiro atoms. The van der Waals surface area contributed by atoms with Crippen LogP contribution in [-0.2, 0) is 11.3 Å². The standard InChI is InChI=1S/C7H8N2O3S/c10-7(8-9-13(11)12)6-4-2-1-3-5-6/h1-5,9H,(H,8,10)(H,11,12). The van der Waals surface area contributed by atoms with Crippen LogP contribution in [0.3, 0.4) is 0 Å². The van der Waals surface area contributed by atoms with E-state index < -0.39 is 17.2 Å². The van der Waals surface area contributed by atoms with E-state index in [0.29, 0.717) is 5.56 Å². The molecule has 0 heterocycles. The van der Waals surface area contributed by atoms with Gasteiger partial charge in [-0.2, -0.15) is 0 Å². The van der Waals surface area contributed by atoms with Gasteiger partial charge in [0.05, 0.1) is 0 Å². The number of rotatable bonds is 3. The fraction of sp³-hybridized carbons (Fsp3) is 0. The molecule has 5 nitrogen and oxygen atoms in total. The SMILES string of the molecule is O=C(NNS(=O)O)c1ccccc1. The predicted octanol–water partition coefficient (Wildman–Crippen LogP) is 0.0577. The minimum absolute atomic E-state index is 0.417. The van der Waals surface area contributed by atoms with Crippen LogP contribution in [0.15, 0.2) is 30.3 Å². The molecule has 0 radical (unpaired) electrons. The van der Waals surface area contributed by atoms with Crippen LogP contribution in [0.25, 0.3) is 0 Å². The first-order valence-electron chi connectivity index (χ1n) is 3.42. The summed E-state index contributed by atoms with van der Waals surface area (Å²) in [7, 11) is 0. The average Bonchev–Trinajstić information content (AvgIpc) is 2.15. The largest absolute Gasteiger partial charge is 0.293 e. The van der Waals surface area contributed by atoms with Crippen molar-refractivity contribution in [1.29, 1.82) is 0 Å². The molecule has 1 rings (SSSR count). The molecule has 0 aliphatic carbocycles. The van der Waals surface area contributed by atoms with Crippen LogP contribution in [0, 0.1) is 0 Å². The number of hydrazine groups is 1. The zero-order valence-corrected chi connectivity index (χ0v) is 7.38. The summed E-state index contributed by atoms with van der Waals surface area (Å²) >= 11 is -2.24. The average molecular weight is 200 g/mol. The number of carbonyl (C=O) groups excluding carboxylic acids is 1. The number of hydrogen-bond donors (Lipinski definition) is 3. The lowest BCUT2D eigenvalue weighted by Gasteiger charge is -2.02. The van der Waals surface area contributed by atoms with Crippen LogP contribution in [0.4, 0.5) is 0 Å². The minimum Gasteiger partial charge on any atom is -0.293 e. The summed E-state index contributed by atoms with van der Waals surface area (Å²) in [5, 5.41) is 0. The Bertz CT molecular complexity index is 315. The maximum absolute atomic E-state index is 11.1. The topological polar surface area (TPSA) is 78.4 Å². The highest BCUT2D eigenvalue weighted by molar-refractivity contribution is 7.77. The molecule has 0 saturated carbocycles. The highest BCUT2D eigenvalue weighted by Gasteiger charge is 2.03. The lowest BCUT2D eigenvalue weighted by Crippen LogP contribution is -2.38. The van der Waals surface area contributed by atoms with Crippen LogP contribution < -0.4 is 10.3 Å². The van der Waals surface area contributed by atoms with E-state index in [2.05, 4.69) is 5.43 Å². The first-order chi connectivity index (χ1) is 6.20. The summed E-state index contributed by atoms with van der Waals surface area (Å²) < 4.78 is 18.4. The molecule has 0 fully saturated rings. The Labute approximate surface area is 77.5 Å². The second-order valence-corrected chi connectivity index (χ2v) is 2.87. The van der Waals surface area contributed by atoms with Gasteiger partial charge in [-0.1, -0.05) is 18.2 Å². The van der Waals surface area contributed by atoms with Crippen LogP contribution in [0.2, 0.25) is 0 Å². The Balaban J connectivity index is 2.54. The summed E-state index contributed by atoms with van der Waals surface area (Å²) in [6, 6.07) is 8.36. The molecule has 1 aromatic rings. The Morgan fingerprint density at radius 2 is 1.92 bits per heavy atom. The molecule has 1 atom stereocenters. The lowest BCUT2D eigenvalue weighted by molar-refractivity contribution is 0.0945. The van der Waals surface area contributed by atoms with Crippen molar-refractivity contribution < 1.29 is 13.6 Å². The van der Waals surface area contributed by atoms with Gasteiger partial charge in [-0.05, 0) is 12.1 Å². The first-order valence-corrected chi connectivity index (χ1v) is 4.52. The van der Waals surface area contributed by atoms with Crippen molar-refractivity contribution in [3.8, 4) is 0 Å². The molecule has 0 aromatic heterocycles. The number of carbonyl (C=O) groups is 1. The van der Waals surface area contributed by atoms with Crippen molar-refractivity contribution in [3.63, 3.8) is 0 Å². The van der Waals surface area contributed by atoms with Crippen molar-refractivity contribution in [2.45, 2.75) is 0 Å². The van der Waals surface area contributed by atoms with Gasteiger partial charge < -0.3 is 0 Å². The summed E-state index contributed by atoms with van der Waals surface area (Å²) in [5.41, 5.74) is 2.48. The van der Waals surface area contributed by atoms with Crippen molar-refractivity contribution >= 4 is 17.2 Å². The monoisotopic (exact) mass is 200 g/mol. The molecular formula is C7H8N2O3S. The quantitative estimate of drug-likeness (QED) is 0.477. The molecule has 0 bridgehead atoms. The Morgan fingerprint density at radius 3 is 2.46 bits per heavy atom. The Hall–Kier alpha value is -1.24. The van der Waals surface area contributed by atoms with E-state index in [4.69, 9.17) is 4.55 Å². The van der Waals surface area contributed by atoms with Gasteiger partial charge in [0.25, 0.3) is 17.2 Å². The van der Waals surface area contributed by atoms with Gasteiger partial charge in [0.15, 0.2) is 0 Å². The predicted molar refractivity (Wildman–Crippen MR) is 47.8 cm³/mol. The summed E-state index contributed by atoms with van der Waals surface area (Å²) in [5.74, 6) is -0.456. The molecule has 1 unspecified atom stereocenters. The lowest BCUT2D eigenvalue weighted by atomic mass is 10.2. The highest BCUT2D eigenvalue weighted by Crippen LogP contribution is 1.96. The Morgan fingerprint density at radius 1 is 1.31 bits per heavy atom. The van der Waals surface area contributed by atoms with E-state index in [0.717, 1.165) is 0 Å². The summed E-state index contributed by atoms with van der Waals surface area (Å²) in [6.07, 6.45) is 0. The number of benzene rings is 1. The van der Waals surface area contributed by atoms with E-state index in [9.17, 15) is 9.00 Å². The third-order valence-corrected chi connectivity index (χ3v) is 1.56. The van der Waals surface area contributed by atoms with E-state index in [1.165, 1.54) is 0 Å². The van der Waals surface area contributed by atoms with Gasteiger partial charge in [0, 0.05) is 5.56 Å². The zero-order chi connectivity index (χ0) is 9.68. The smallest absolute Gasteiger partial charge is 0.266 e. The van der Waals surface area contributed by atoms with E-state index in [-0.39, 0.29) is 0 Å². The first kappa shape index (κ1) is 9.85. The zero-order valence-electron chi connectivity index (χ0n) is 6.56. The van der Waals surface area contributed by atoms with E-state index in [1.807, 2.05) is 4.83 Å². The Kier molecular flexibility index (Phi) is 3.56. The van der Waals surface area contributed by atoms with Crippen molar-refractivity contribution in [2.75, 3.05) is 0 Å². The maximum Gasteiger partial charge on any atom is 0.266 e. The van der Waals surface area contributed by atoms with Crippen molar-refractivity contribution in [2.24, 2.45) is 0 Å². The number of hydrogen-bond acceptors (Lipinski definition) is 2. The van der Waals surface area contributed by atoms with Gasteiger partial charge in [-0.15, -0.1) is 4.83 Å². The van der Waals surface area contributed by atoms with Crippen molar-refractivity contribution in [3.05, 3.63) is 35.9 Å². The molecule has 13 heavy (non-hydrogen) atoms. The van der Waals surface area contributed by atoms with Gasteiger partial charge >= 0.3 is 0 Å². The van der Waals surface area contributed by atoms with Crippen LogP contribution in [0.5, 0.6) is 0 Å². The fourth-order valence-corrected chi connectivity index (χ4v) is 0.932. The second-order valence-electron chi connectivity index (χ2n) is 2.17. The second kappa shape index (κ2) is 4.70. The normalized spacial score (nSPS) is 12.1. The van der Waals surface area contributed by atoms with Gasteiger partial charge in [-0.3, -0.25) is 14.8 Å². The molecule has 1 aromatic carbocycles. The van der Waals surface area contributed by atoms with Crippen LogP contribution >= 0.6 is 0 Å². The van der Waals surface area contributed by atoms with E-state index in [1.54, 1.807) is 30.3 Å². The molecular weight excluding hydrogens is 192 g/mol. The highest BCUT2D eigenvalue weighted by atomic mass is 32.2. The summed E-state index contributed by atoms with van der Waals surface area (Å²) in [6.45, 7) is 0. The molecule has 0 aliphatic heterocycles. The maximum atomic E-state index is 11.1. The molecule has 70 valence electrons. The van der Waals surface area contributed by atoms with Crippen molar-refractivity contribution in [1.82, 2.24) is 10.3 Å². The third kappa shape index (κ3) is 3.32.